The summed E-state index contributed by atoms with van der Waals surface area (Å²) >= 11 is 3.63. The highest BCUT2D eigenvalue weighted by molar-refractivity contribution is 9.10. The fourth-order valence-electron chi connectivity index (χ4n) is 3.80. The van der Waals surface area contributed by atoms with Gasteiger partial charge in [0.05, 0.1) is 20.8 Å². The highest BCUT2D eigenvalue weighted by Gasteiger charge is 2.29. The number of ether oxygens (including phenoxy) is 2. The number of amides is 1. The molecule has 1 aliphatic rings. The van der Waals surface area contributed by atoms with Gasteiger partial charge >= 0.3 is 0 Å². The van der Waals surface area contributed by atoms with Gasteiger partial charge in [-0.2, -0.15) is 0 Å². The van der Waals surface area contributed by atoms with E-state index in [0.717, 1.165) is 36.0 Å². The van der Waals surface area contributed by atoms with Gasteiger partial charge in [0.25, 0.3) is 0 Å². The second-order valence-corrected chi connectivity index (χ2v) is 7.59. The summed E-state index contributed by atoms with van der Waals surface area (Å²) in [4.78, 5) is 13.8. The zero-order chi connectivity index (χ0) is 19.4. The number of hydrogen-bond acceptors (Lipinski definition) is 4. The van der Waals surface area contributed by atoms with Crippen molar-refractivity contribution in [3.63, 3.8) is 0 Å². The van der Waals surface area contributed by atoms with Gasteiger partial charge in [-0.3, -0.25) is 9.69 Å². The standard InChI is InChI=1S/C21H25BrN2O3/c1-26-19-11-15-9-10-24(13-21(23)25)18(16(15)12-20(19)27-2)8-7-14-5-3-4-6-17(14)22/h3-6,11-12,18H,7-10,13H2,1-2H3,(H2,23,25)/t18-/m0/s1. The molecule has 1 heterocycles. The summed E-state index contributed by atoms with van der Waals surface area (Å²) < 4.78 is 12.1. The van der Waals surface area contributed by atoms with Gasteiger partial charge in [-0.25, -0.2) is 0 Å². The molecule has 0 fully saturated rings. The van der Waals surface area contributed by atoms with E-state index < -0.39 is 0 Å². The van der Waals surface area contributed by atoms with E-state index in [9.17, 15) is 4.79 Å². The van der Waals surface area contributed by atoms with Crippen LogP contribution in [-0.2, 0) is 17.6 Å². The van der Waals surface area contributed by atoms with Crippen LogP contribution in [0, 0.1) is 0 Å². The number of carbonyl (C=O) groups is 1. The van der Waals surface area contributed by atoms with Crippen LogP contribution in [0.5, 0.6) is 11.5 Å². The highest BCUT2D eigenvalue weighted by atomic mass is 79.9. The van der Waals surface area contributed by atoms with Gasteiger partial charge in [0.2, 0.25) is 5.91 Å². The summed E-state index contributed by atoms with van der Waals surface area (Å²) in [5, 5.41) is 0. The number of primary amides is 1. The van der Waals surface area contributed by atoms with Gasteiger partial charge in [-0.1, -0.05) is 34.1 Å². The van der Waals surface area contributed by atoms with Gasteiger partial charge in [0.1, 0.15) is 0 Å². The Bertz CT molecular complexity index is 825. The summed E-state index contributed by atoms with van der Waals surface area (Å²) in [7, 11) is 3.29. The van der Waals surface area contributed by atoms with E-state index >= 15 is 0 Å². The smallest absolute Gasteiger partial charge is 0.231 e. The van der Waals surface area contributed by atoms with E-state index in [2.05, 4.69) is 39.0 Å². The van der Waals surface area contributed by atoms with Crippen LogP contribution in [0.25, 0.3) is 0 Å². The first-order chi connectivity index (χ1) is 13.0. The molecule has 1 amide bonds. The summed E-state index contributed by atoms with van der Waals surface area (Å²) in [6.45, 7) is 1.06. The first kappa shape index (κ1) is 19.7. The van der Waals surface area contributed by atoms with E-state index in [1.54, 1.807) is 14.2 Å². The van der Waals surface area contributed by atoms with E-state index in [4.69, 9.17) is 15.2 Å². The number of aryl methyl sites for hydroxylation is 1. The number of hydrogen-bond donors (Lipinski definition) is 1. The molecule has 0 aliphatic carbocycles. The van der Waals surface area contributed by atoms with Crippen LogP contribution in [0.15, 0.2) is 40.9 Å². The lowest BCUT2D eigenvalue weighted by atomic mass is 9.88. The quantitative estimate of drug-likeness (QED) is 0.726. The summed E-state index contributed by atoms with van der Waals surface area (Å²) in [5.74, 6) is 1.15. The number of benzene rings is 2. The van der Waals surface area contributed by atoms with Crippen molar-refractivity contribution in [2.45, 2.75) is 25.3 Å². The molecule has 0 saturated carbocycles. The Morgan fingerprint density at radius 2 is 1.93 bits per heavy atom. The number of carbonyl (C=O) groups excluding carboxylic acids is 1. The molecule has 0 radical (unpaired) electrons. The van der Waals surface area contributed by atoms with Crippen LogP contribution in [0.3, 0.4) is 0 Å². The second-order valence-electron chi connectivity index (χ2n) is 6.74. The maximum absolute atomic E-state index is 11.6. The Labute approximate surface area is 168 Å². The monoisotopic (exact) mass is 432 g/mol. The molecule has 2 aromatic rings. The van der Waals surface area contributed by atoms with Crippen LogP contribution in [0.4, 0.5) is 0 Å². The average Bonchev–Trinajstić information content (AvgIpc) is 2.66. The maximum atomic E-state index is 11.6. The number of nitrogens with two attached hydrogens (primary N) is 1. The van der Waals surface area contributed by atoms with Gasteiger partial charge in [0, 0.05) is 17.1 Å². The fraction of sp³-hybridized carbons (Fsp3) is 0.381. The van der Waals surface area contributed by atoms with Gasteiger partial charge in [-0.15, -0.1) is 0 Å². The molecule has 144 valence electrons. The third kappa shape index (κ3) is 4.45. The fourth-order valence-corrected chi connectivity index (χ4v) is 4.28. The molecule has 2 aromatic carbocycles. The molecule has 1 aliphatic heterocycles. The van der Waals surface area contributed by atoms with E-state index in [-0.39, 0.29) is 18.5 Å². The maximum Gasteiger partial charge on any atom is 0.231 e. The lowest BCUT2D eigenvalue weighted by Crippen LogP contribution is -2.41. The lowest BCUT2D eigenvalue weighted by molar-refractivity contribution is -0.119. The molecule has 0 saturated heterocycles. The molecule has 0 unspecified atom stereocenters. The van der Waals surface area contributed by atoms with Gasteiger partial charge in [-0.05, 0) is 54.2 Å². The third-order valence-electron chi connectivity index (χ3n) is 5.12. The molecule has 1 atom stereocenters. The first-order valence-electron chi connectivity index (χ1n) is 9.04. The van der Waals surface area contributed by atoms with Crippen LogP contribution in [0.2, 0.25) is 0 Å². The van der Waals surface area contributed by atoms with Crippen molar-refractivity contribution < 1.29 is 14.3 Å². The molecule has 0 bridgehead atoms. The molecule has 3 rings (SSSR count). The molecule has 27 heavy (non-hydrogen) atoms. The number of nitrogens with zero attached hydrogens (tertiary/aromatic N) is 1. The zero-order valence-corrected chi connectivity index (χ0v) is 17.3. The molecule has 0 aromatic heterocycles. The van der Waals surface area contributed by atoms with Crippen LogP contribution < -0.4 is 15.2 Å². The molecule has 6 heteroatoms. The number of halogens is 1. The second kappa shape index (κ2) is 8.76. The normalized spacial score (nSPS) is 16.6. The van der Waals surface area contributed by atoms with E-state index in [1.165, 1.54) is 16.7 Å². The Hall–Kier alpha value is -2.05. The molecule has 5 nitrogen and oxygen atoms in total. The largest absolute Gasteiger partial charge is 0.493 e. The minimum Gasteiger partial charge on any atom is -0.493 e. The average molecular weight is 433 g/mol. The SMILES string of the molecule is COc1cc2c(cc1OC)[C@H](CCc1ccccc1Br)N(CC(N)=O)CC2. The summed E-state index contributed by atoms with van der Waals surface area (Å²) in [6.07, 6.45) is 2.64. The summed E-state index contributed by atoms with van der Waals surface area (Å²) in [5.41, 5.74) is 9.19. The van der Waals surface area contributed by atoms with E-state index in [1.807, 2.05) is 18.2 Å². The predicted molar refractivity (Wildman–Crippen MR) is 109 cm³/mol. The van der Waals surface area contributed by atoms with Crippen LogP contribution in [0.1, 0.15) is 29.2 Å². The Balaban J connectivity index is 1.93. The molecule has 0 spiro atoms. The molecule has 2 N–H and O–H groups in total. The zero-order valence-electron chi connectivity index (χ0n) is 15.7. The number of fused-ring (bicyclic) bond motifs is 1. The predicted octanol–water partition coefficient (Wildman–Crippen LogP) is 3.48. The van der Waals surface area contributed by atoms with Crippen LogP contribution >= 0.6 is 15.9 Å². The van der Waals surface area contributed by atoms with Crippen molar-refractivity contribution in [3.8, 4) is 11.5 Å². The Morgan fingerprint density at radius 1 is 1.22 bits per heavy atom. The van der Waals surface area contributed by atoms with Crippen molar-refractivity contribution >= 4 is 21.8 Å². The first-order valence-corrected chi connectivity index (χ1v) is 9.83. The van der Waals surface area contributed by atoms with Crippen LogP contribution in [-0.4, -0.2) is 38.1 Å². The molecular weight excluding hydrogens is 408 g/mol. The number of rotatable bonds is 7. The minimum absolute atomic E-state index is 0.105. The third-order valence-corrected chi connectivity index (χ3v) is 5.89. The Kier molecular flexibility index (Phi) is 6.39. The topological polar surface area (TPSA) is 64.8 Å². The highest BCUT2D eigenvalue weighted by Crippen LogP contribution is 2.40. The summed E-state index contributed by atoms with van der Waals surface area (Å²) in [6, 6.07) is 12.4. The van der Waals surface area contributed by atoms with Crippen molar-refractivity contribution in [3.05, 3.63) is 57.6 Å². The Morgan fingerprint density at radius 3 is 2.59 bits per heavy atom. The van der Waals surface area contributed by atoms with Gasteiger partial charge in [0.15, 0.2) is 11.5 Å². The van der Waals surface area contributed by atoms with E-state index in [0.29, 0.717) is 5.75 Å². The minimum atomic E-state index is -0.301. The van der Waals surface area contributed by atoms with Gasteiger partial charge < -0.3 is 15.2 Å². The molecular formula is C21H25BrN2O3. The number of methoxy groups -OCH3 is 2. The van der Waals surface area contributed by atoms with Crippen molar-refractivity contribution in [1.29, 1.82) is 0 Å². The van der Waals surface area contributed by atoms with Crippen molar-refractivity contribution in [2.24, 2.45) is 5.73 Å². The lowest BCUT2D eigenvalue weighted by Gasteiger charge is -2.37. The van der Waals surface area contributed by atoms with Crippen molar-refractivity contribution in [1.82, 2.24) is 4.90 Å². The van der Waals surface area contributed by atoms with Crippen molar-refractivity contribution in [2.75, 3.05) is 27.3 Å².